The zero-order chi connectivity index (χ0) is 17.7. The smallest absolute Gasteiger partial charge is 0.0688 e. The van der Waals surface area contributed by atoms with Gasteiger partial charge in [0.1, 0.15) is 0 Å². The van der Waals surface area contributed by atoms with Crippen molar-refractivity contribution in [2.75, 3.05) is 0 Å². The van der Waals surface area contributed by atoms with Gasteiger partial charge in [-0.05, 0) is 69.4 Å². The zero-order valence-corrected chi connectivity index (χ0v) is 16.8. The van der Waals surface area contributed by atoms with Crippen LogP contribution in [0.2, 0.25) is 0 Å². The maximum absolute atomic E-state index is 9.99. The Morgan fingerprint density at radius 2 is 1.08 bits per heavy atom. The first kappa shape index (κ1) is 16.6. The molecule has 0 saturated heterocycles. The molecule has 0 aliphatic rings. The van der Waals surface area contributed by atoms with Gasteiger partial charge in [0.05, 0.1) is 13.2 Å². The van der Waals surface area contributed by atoms with E-state index in [9.17, 15) is 10.2 Å². The van der Waals surface area contributed by atoms with Crippen LogP contribution in [0.1, 0.15) is 11.1 Å². The zero-order valence-electron chi connectivity index (χ0n) is 13.6. The van der Waals surface area contributed by atoms with E-state index in [4.69, 9.17) is 0 Å². The van der Waals surface area contributed by atoms with Gasteiger partial charge in [0.2, 0.25) is 0 Å². The quantitative estimate of drug-likeness (QED) is 0.350. The molecule has 0 spiro atoms. The number of aliphatic hydroxyl groups is 2. The molecule has 4 aromatic heterocycles. The van der Waals surface area contributed by atoms with Gasteiger partial charge in [-0.2, -0.15) is 0 Å². The molecule has 1 aromatic carbocycles. The maximum atomic E-state index is 9.99. The third-order valence-corrected chi connectivity index (χ3v) is 8.73. The van der Waals surface area contributed by atoms with E-state index in [0.717, 1.165) is 32.0 Å². The van der Waals surface area contributed by atoms with Crippen molar-refractivity contribution >= 4 is 64.1 Å². The summed E-state index contributed by atoms with van der Waals surface area (Å²) in [5.74, 6) is 0. The fourth-order valence-electron chi connectivity index (χ4n) is 3.21. The normalized spacial score (nSPS) is 11.8. The van der Waals surface area contributed by atoms with Crippen molar-refractivity contribution in [3.63, 3.8) is 0 Å². The number of benzene rings is 1. The van der Waals surface area contributed by atoms with Gasteiger partial charge in [0.15, 0.2) is 0 Å². The number of thiophene rings is 4. The van der Waals surface area contributed by atoms with Gasteiger partial charge < -0.3 is 10.2 Å². The molecule has 0 bridgehead atoms. The summed E-state index contributed by atoms with van der Waals surface area (Å²) in [4.78, 5) is 2.29. The van der Waals surface area contributed by atoms with E-state index < -0.39 is 0 Å². The van der Waals surface area contributed by atoms with Crippen molar-refractivity contribution < 1.29 is 10.2 Å². The number of hydrogen-bond acceptors (Lipinski definition) is 6. The molecular formula is C20H14O2S4. The van der Waals surface area contributed by atoms with Gasteiger partial charge in [-0.15, -0.1) is 45.3 Å². The Kier molecular flexibility index (Phi) is 4.20. The summed E-state index contributed by atoms with van der Waals surface area (Å²) in [6.45, 7) is -0.0291. The number of rotatable bonds is 4. The van der Waals surface area contributed by atoms with E-state index in [1.54, 1.807) is 45.3 Å². The number of aliphatic hydroxyl groups excluding tert-OH is 2. The first-order valence-electron chi connectivity index (χ1n) is 8.09. The molecule has 2 nitrogen and oxygen atoms in total. The highest BCUT2D eigenvalue weighted by Gasteiger charge is 2.16. The second kappa shape index (κ2) is 6.56. The first-order chi connectivity index (χ1) is 12.8. The molecule has 0 amide bonds. The minimum atomic E-state index is -0.0146. The van der Waals surface area contributed by atoms with Crippen LogP contribution in [0.4, 0.5) is 0 Å². The molecule has 0 atom stereocenters. The molecule has 4 heterocycles. The van der Waals surface area contributed by atoms with Crippen LogP contribution in [-0.2, 0) is 13.2 Å². The lowest BCUT2D eigenvalue weighted by atomic mass is 9.97. The highest BCUT2D eigenvalue weighted by atomic mass is 32.1. The van der Waals surface area contributed by atoms with Crippen molar-refractivity contribution in [2.45, 2.75) is 13.2 Å². The minimum Gasteiger partial charge on any atom is -0.392 e. The Morgan fingerprint density at radius 1 is 0.615 bits per heavy atom. The molecular weight excluding hydrogens is 400 g/mol. The Balaban J connectivity index is 1.69. The lowest BCUT2D eigenvalue weighted by molar-refractivity contribution is 0.279. The fraction of sp³-hybridized carbons (Fsp3) is 0.100. The second-order valence-electron chi connectivity index (χ2n) is 6.00. The van der Waals surface area contributed by atoms with Crippen LogP contribution in [0.5, 0.6) is 0 Å². The molecule has 0 aliphatic heterocycles. The van der Waals surface area contributed by atoms with Gasteiger partial charge in [0, 0.05) is 28.6 Å². The Bertz CT molecular complexity index is 1070. The second-order valence-corrected chi connectivity index (χ2v) is 10.1. The number of hydrogen-bond donors (Lipinski definition) is 2. The van der Waals surface area contributed by atoms with Crippen LogP contribution in [0.15, 0.2) is 47.2 Å². The summed E-state index contributed by atoms with van der Waals surface area (Å²) in [5, 5.41) is 24.2. The van der Waals surface area contributed by atoms with Crippen LogP contribution >= 0.6 is 45.3 Å². The van der Waals surface area contributed by atoms with Crippen LogP contribution in [0, 0.1) is 0 Å². The SMILES string of the molecule is OCc1cc(-c2cc3sccc3s2)c(CO)cc1-c1cc2sccc2s1. The lowest BCUT2D eigenvalue weighted by Gasteiger charge is -2.13. The van der Waals surface area contributed by atoms with Crippen molar-refractivity contribution in [3.05, 3.63) is 58.3 Å². The molecule has 0 saturated carbocycles. The third-order valence-electron chi connectivity index (χ3n) is 4.48. The topological polar surface area (TPSA) is 40.5 Å². The molecule has 26 heavy (non-hydrogen) atoms. The van der Waals surface area contributed by atoms with Gasteiger partial charge in [0.25, 0.3) is 0 Å². The predicted molar refractivity (Wildman–Crippen MR) is 116 cm³/mol. The van der Waals surface area contributed by atoms with Crippen molar-refractivity contribution in [2.24, 2.45) is 0 Å². The standard InChI is InChI=1S/C20H14O2S4/c21-9-11-6-14(18-8-20-16(26-18)2-4-24-20)12(10-22)5-13(11)17-7-19-15(25-17)1-3-23-19/h1-8,21-22H,9-10H2. The van der Waals surface area contributed by atoms with E-state index in [1.165, 1.54) is 18.8 Å². The van der Waals surface area contributed by atoms with Crippen LogP contribution in [-0.4, -0.2) is 10.2 Å². The molecule has 0 radical (unpaired) electrons. The first-order valence-corrected chi connectivity index (χ1v) is 11.5. The summed E-state index contributed by atoms with van der Waals surface area (Å²) in [6, 6.07) is 12.7. The van der Waals surface area contributed by atoms with Crippen molar-refractivity contribution in [3.8, 4) is 20.9 Å². The summed E-state index contributed by atoms with van der Waals surface area (Å²) < 4.78 is 5.06. The van der Waals surface area contributed by atoms with E-state index in [1.807, 2.05) is 12.1 Å². The van der Waals surface area contributed by atoms with Gasteiger partial charge >= 0.3 is 0 Å². The lowest BCUT2D eigenvalue weighted by Crippen LogP contribution is -1.95. The molecule has 0 unspecified atom stereocenters. The summed E-state index contributed by atoms with van der Waals surface area (Å²) in [5.41, 5.74) is 3.85. The van der Waals surface area contributed by atoms with Crippen molar-refractivity contribution in [1.29, 1.82) is 0 Å². The third kappa shape index (κ3) is 2.65. The van der Waals surface area contributed by atoms with E-state index in [0.29, 0.717) is 0 Å². The Hall–Kier alpha value is -1.54. The summed E-state index contributed by atoms with van der Waals surface area (Å²) in [6.07, 6.45) is 0. The van der Waals surface area contributed by atoms with Gasteiger partial charge in [-0.3, -0.25) is 0 Å². The molecule has 6 heteroatoms. The van der Waals surface area contributed by atoms with Crippen LogP contribution < -0.4 is 0 Å². The average Bonchev–Trinajstić information content (AvgIpc) is 3.39. The van der Waals surface area contributed by atoms with Gasteiger partial charge in [-0.1, -0.05) is 0 Å². The van der Waals surface area contributed by atoms with E-state index in [2.05, 4.69) is 35.0 Å². The molecule has 130 valence electrons. The fourth-order valence-corrected chi connectivity index (χ4v) is 7.53. The van der Waals surface area contributed by atoms with E-state index in [-0.39, 0.29) is 13.2 Å². The monoisotopic (exact) mass is 414 g/mol. The van der Waals surface area contributed by atoms with E-state index >= 15 is 0 Å². The largest absolute Gasteiger partial charge is 0.392 e. The summed E-state index contributed by atoms with van der Waals surface area (Å²) >= 11 is 6.93. The van der Waals surface area contributed by atoms with Crippen LogP contribution in [0.25, 0.3) is 39.7 Å². The summed E-state index contributed by atoms with van der Waals surface area (Å²) in [7, 11) is 0. The number of fused-ring (bicyclic) bond motifs is 2. The molecule has 0 aliphatic carbocycles. The minimum absolute atomic E-state index is 0.0146. The maximum Gasteiger partial charge on any atom is 0.0688 e. The highest BCUT2D eigenvalue weighted by Crippen LogP contribution is 2.42. The van der Waals surface area contributed by atoms with Crippen molar-refractivity contribution in [1.82, 2.24) is 0 Å². The predicted octanol–water partition coefficient (Wildman–Crippen LogP) is 6.56. The van der Waals surface area contributed by atoms with Gasteiger partial charge in [-0.25, -0.2) is 0 Å². The average molecular weight is 415 g/mol. The Labute approximate surface area is 166 Å². The van der Waals surface area contributed by atoms with Crippen LogP contribution in [0.3, 0.4) is 0 Å². The molecule has 5 aromatic rings. The molecule has 0 fully saturated rings. The Morgan fingerprint density at radius 3 is 1.46 bits per heavy atom. The highest BCUT2D eigenvalue weighted by molar-refractivity contribution is 7.29. The molecule has 5 rings (SSSR count). The molecule has 2 N–H and O–H groups in total.